The van der Waals surface area contributed by atoms with Gasteiger partial charge in [0, 0.05) is 32.2 Å². The van der Waals surface area contributed by atoms with Gasteiger partial charge in [-0.25, -0.2) is 0 Å². The Morgan fingerprint density at radius 1 is 1.21 bits per heavy atom. The number of piperazine rings is 1. The lowest BCUT2D eigenvalue weighted by Gasteiger charge is -2.38. The van der Waals surface area contributed by atoms with Gasteiger partial charge in [0.05, 0.1) is 0 Å². The van der Waals surface area contributed by atoms with E-state index in [-0.39, 0.29) is 11.9 Å². The van der Waals surface area contributed by atoms with Crippen LogP contribution in [0.4, 0.5) is 0 Å². The largest absolute Gasteiger partial charge is 0.353 e. The molecule has 1 aromatic carbocycles. The normalized spacial score (nSPS) is 21.0. The standard InChI is InChI=1S/C19H32N4O/c1-5-23(6-2)18(16-10-8-7-9-11-16)19(24)20-14-17-15-21(3)12-13-22(17)4/h7-11,17-18H,5-6,12-15H2,1-4H3,(H,20,24). The molecule has 0 radical (unpaired) electrons. The first-order chi connectivity index (χ1) is 11.6. The first-order valence-electron chi connectivity index (χ1n) is 9.02. The van der Waals surface area contributed by atoms with Crippen molar-refractivity contribution >= 4 is 5.91 Å². The number of hydrogen-bond acceptors (Lipinski definition) is 4. The van der Waals surface area contributed by atoms with Crippen LogP contribution >= 0.6 is 0 Å². The van der Waals surface area contributed by atoms with Crippen LogP contribution in [-0.2, 0) is 4.79 Å². The van der Waals surface area contributed by atoms with Crippen LogP contribution in [0, 0.1) is 0 Å². The molecule has 0 spiro atoms. The van der Waals surface area contributed by atoms with Crippen molar-refractivity contribution in [3.63, 3.8) is 0 Å². The number of carbonyl (C=O) groups is 1. The lowest BCUT2D eigenvalue weighted by Crippen LogP contribution is -2.55. The number of hydrogen-bond donors (Lipinski definition) is 1. The minimum absolute atomic E-state index is 0.103. The van der Waals surface area contributed by atoms with Crippen LogP contribution in [0.15, 0.2) is 30.3 Å². The second kappa shape index (κ2) is 9.16. The van der Waals surface area contributed by atoms with Crippen LogP contribution in [0.25, 0.3) is 0 Å². The molecule has 1 aliphatic rings. The van der Waals surface area contributed by atoms with Gasteiger partial charge in [-0.3, -0.25) is 14.6 Å². The molecule has 5 nitrogen and oxygen atoms in total. The van der Waals surface area contributed by atoms with Gasteiger partial charge in [-0.1, -0.05) is 44.2 Å². The Morgan fingerprint density at radius 2 is 1.88 bits per heavy atom. The lowest BCUT2D eigenvalue weighted by molar-refractivity contribution is -0.127. The maximum Gasteiger partial charge on any atom is 0.242 e. The smallest absolute Gasteiger partial charge is 0.242 e. The summed E-state index contributed by atoms with van der Waals surface area (Å²) in [6.07, 6.45) is 0. The van der Waals surface area contributed by atoms with E-state index in [1.807, 2.05) is 30.3 Å². The van der Waals surface area contributed by atoms with Crippen molar-refractivity contribution < 1.29 is 4.79 Å². The number of rotatable bonds is 7. The maximum absolute atomic E-state index is 12.9. The lowest BCUT2D eigenvalue weighted by atomic mass is 10.0. The second-order valence-electron chi connectivity index (χ2n) is 6.68. The SMILES string of the molecule is CCN(CC)C(C(=O)NCC1CN(C)CCN1C)c1ccccc1. The predicted octanol–water partition coefficient (Wildman–Crippen LogP) is 1.43. The van der Waals surface area contributed by atoms with Gasteiger partial charge in [-0.15, -0.1) is 0 Å². The molecule has 0 aliphatic carbocycles. The molecule has 0 aromatic heterocycles. The van der Waals surface area contributed by atoms with Gasteiger partial charge in [-0.05, 0) is 32.7 Å². The molecule has 134 valence electrons. The van der Waals surface area contributed by atoms with Crippen molar-refractivity contribution in [1.29, 1.82) is 0 Å². The van der Waals surface area contributed by atoms with Crippen molar-refractivity contribution in [2.75, 3.05) is 53.4 Å². The molecule has 2 rings (SSSR count). The van der Waals surface area contributed by atoms with Gasteiger partial charge in [0.15, 0.2) is 0 Å². The highest BCUT2D eigenvalue weighted by Gasteiger charge is 2.28. The van der Waals surface area contributed by atoms with Crippen molar-refractivity contribution in [1.82, 2.24) is 20.0 Å². The van der Waals surface area contributed by atoms with Gasteiger partial charge in [-0.2, -0.15) is 0 Å². The fraction of sp³-hybridized carbons (Fsp3) is 0.632. The number of nitrogens with one attached hydrogen (secondary N) is 1. The van der Waals surface area contributed by atoms with E-state index in [1.54, 1.807) is 0 Å². The number of nitrogens with zero attached hydrogens (tertiary/aromatic N) is 3. The average molecular weight is 332 g/mol. The summed E-state index contributed by atoms with van der Waals surface area (Å²) in [5, 5.41) is 3.20. The third-order valence-corrected chi connectivity index (χ3v) is 5.03. The molecule has 2 unspecified atom stereocenters. The van der Waals surface area contributed by atoms with Crippen LogP contribution < -0.4 is 5.32 Å². The van der Waals surface area contributed by atoms with Crippen molar-refractivity contribution in [3.05, 3.63) is 35.9 Å². The second-order valence-corrected chi connectivity index (χ2v) is 6.68. The number of amides is 1. The highest BCUT2D eigenvalue weighted by Crippen LogP contribution is 2.20. The molecule has 1 amide bonds. The Morgan fingerprint density at radius 3 is 2.50 bits per heavy atom. The zero-order chi connectivity index (χ0) is 17.5. The topological polar surface area (TPSA) is 38.8 Å². The van der Waals surface area contributed by atoms with E-state index in [0.717, 1.165) is 38.3 Å². The summed E-state index contributed by atoms with van der Waals surface area (Å²) >= 11 is 0. The van der Waals surface area contributed by atoms with Crippen molar-refractivity contribution in [3.8, 4) is 0 Å². The molecular weight excluding hydrogens is 300 g/mol. The zero-order valence-corrected chi connectivity index (χ0v) is 15.5. The Labute approximate surface area is 146 Å². The molecule has 2 atom stereocenters. The monoisotopic (exact) mass is 332 g/mol. The maximum atomic E-state index is 12.9. The van der Waals surface area contributed by atoms with Crippen LogP contribution in [0.5, 0.6) is 0 Å². The molecular formula is C19H32N4O. The first-order valence-corrected chi connectivity index (χ1v) is 9.02. The molecule has 24 heavy (non-hydrogen) atoms. The summed E-state index contributed by atoms with van der Waals surface area (Å²) in [7, 11) is 4.29. The molecule has 1 aromatic rings. The molecule has 1 N–H and O–H groups in total. The van der Waals surface area contributed by atoms with Crippen LogP contribution in [0.3, 0.4) is 0 Å². The van der Waals surface area contributed by atoms with E-state index < -0.39 is 0 Å². The highest BCUT2D eigenvalue weighted by molar-refractivity contribution is 5.83. The number of benzene rings is 1. The Kier molecular flexibility index (Phi) is 7.21. The van der Waals surface area contributed by atoms with E-state index in [0.29, 0.717) is 12.6 Å². The average Bonchev–Trinajstić information content (AvgIpc) is 2.60. The third kappa shape index (κ3) is 4.79. The van der Waals surface area contributed by atoms with Crippen molar-refractivity contribution in [2.45, 2.75) is 25.9 Å². The fourth-order valence-corrected chi connectivity index (χ4v) is 3.39. The summed E-state index contributed by atoms with van der Waals surface area (Å²) < 4.78 is 0. The molecule has 1 heterocycles. The number of likely N-dealkylation sites (N-methyl/N-ethyl adjacent to an activating group) is 3. The minimum atomic E-state index is -0.215. The van der Waals surface area contributed by atoms with E-state index >= 15 is 0 Å². The van der Waals surface area contributed by atoms with Gasteiger partial charge >= 0.3 is 0 Å². The van der Waals surface area contributed by atoms with Gasteiger partial charge in [0.1, 0.15) is 6.04 Å². The Hall–Kier alpha value is -1.43. The van der Waals surface area contributed by atoms with Crippen molar-refractivity contribution in [2.24, 2.45) is 0 Å². The van der Waals surface area contributed by atoms with Crippen LogP contribution in [0.1, 0.15) is 25.5 Å². The summed E-state index contributed by atoms with van der Waals surface area (Å²) in [6.45, 7) is 9.77. The molecule has 1 aliphatic heterocycles. The Balaban J connectivity index is 2.05. The van der Waals surface area contributed by atoms with Crippen LogP contribution in [0.2, 0.25) is 0 Å². The quantitative estimate of drug-likeness (QED) is 0.820. The van der Waals surface area contributed by atoms with E-state index in [1.165, 1.54) is 0 Å². The van der Waals surface area contributed by atoms with Gasteiger partial charge in [0.25, 0.3) is 0 Å². The fourth-order valence-electron chi connectivity index (χ4n) is 3.39. The molecule has 0 bridgehead atoms. The highest BCUT2D eigenvalue weighted by atomic mass is 16.2. The third-order valence-electron chi connectivity index (χ3n) is 5.03. The van der Waals surface area contributed by atoms with Gasteiger partial charge in [0.2, 0.25) is 5.91 Å². The summed E-state index contributed by atoms with van der Waals surface area (Å²) in [4.78, 5) is 19.8. The zero-order valence-electron chi connectivity index (χ0n) is 15.5. The summed E-state index contributed by atoms with van der Waals surface area (Å²) in [5.41, 5.74) is 1.06. The van der Waals surface area contributed by atoms with E-state index in [4.69, 9.17) is 0 Å². The Bertz CT molecular complexity index is 503. The minimum Gasteiger partial charge on any atom is -0.353 e. The molecule has 1 saturated heterocycles. The molecule has 0 saturated carbocycles. The van der Waals surface area contributed by atoms with E-state index in [9.17, 15) is 4.79 Å². The van der Waals surface area contributed by atoms with Crippen LogP contribution in [-0.4, -0.2) is 80.0 Å². The number of carbonyl (C=O) groups excluding carboxylic acids is 1. The van der Waals surface area contributed by atoms with Gasteiger partial charge < -0.3 is 10.2 Å². The first kappa shape index (κ1) is 18.9. The predicted molar refractivity (Wildman–Crippen MR) is 99.0 cm³/mol. The summed E-state index contributed by atoms with van der Waals surface area (Å²) in [6, 6.07) is 10.2. The molecule has 1 fully saturated rings. The van der Waals surface area contributed by atoms with E-state index in [2.05, 4.69) is 48.0 Å². The molecule has 5 heteroatoms. The summed E-state index contributed by atoms with van der Waals surface area (Å²) in [5.74, 6) is 0.103.